The Balaban J connectivity index is 2.23. The first-order valence-electron chi connectivity index (χ1n) is 4.20. The molecule has 0 radical (unpaired) electrons. The lowest BCUT2D eigenvalue weighted by molar-refractivity contribution is 0.323. The number of hydrogen-bond acceptors (Lipinski definition) is 3. The molecule has 78 valence electrons. The lowest BCUT2D eigenvalue weighted by Gasteiger charge is -2.05. The van der Waals surface area contributed by atoms with E-state index in [2.05, 4.69) is 4.72 Å². The molecule has 1 aromatic rings. The number of rotatable bonds is 5. The molecule has 0 amide bonds. The number of nitrogens with one attached hydrogen (secondary N) is 1. The third-order valence-electron chi connectivity index (χ3n) is 1.48. The molecule has 5 heteroatoms. The van der Waals surface area contributed by atoms with Crippen LogP contribution in [-0.4, -0.2) is 27.8 Å². The summed E-state index contributed by atoms with van der Waals surface area (Å²) < 4.78 is 29.0. The van der Waals surface area contributed by atoms with Gasteiger partial charge in [0, 0.05) is 6.54 Å². The lowest BCUT2D eigenvalue weighted by Crippen LogP contribution is -2.26. The van der Waals surface area contributed by atoms with E-state index in [1.807, 2.05) is 30.3 Å². The van der Waals surface area contributed by atoms with Gasteiger partial charge >= 0.3 is 0 Å². The van der Waals surface area contributed by atoms with Crippen molar-refractivity contribution in [3.05, 3.63) is 30.3 Å². The van der Waals surface area contributed by atoms with E-state index < -0.39 is 10.0 Å². The van der Waals surface area contributed by atoms with Gasteiger partial charge in [-0.1, -0.05) is 18.2 Å². The molecule has 0 aliphatic heterocycles. The van der Waals surface area contributed by atoms with Crippen LogP contribution >= 0.6 is 0 Å². The number of hydrogen-bond donors (Lipinski definition) is 1. The van der Waals surface area contributed by atoms with Crippen molar-refractivity contribution in [2.45, 2.75) is 0 Å². The molecule has 1 rings (SSSR count). The molecule has 0 aromatic heterocycles. The van der Waals surface area contributed by atoms with E-state index in [1.165, 1.54) is 0 Å². The van der Waals surface area contributed by atoms with E-state index in [0.29, 0.717) is 6.61 Å². The first kappa shape index (κ1) is 11.0. The summed E-state index contributed by atoms with van der Waals surface area (Å²) >= 11 is 0. The first-order valence-corrected chi connectivity index (χ1v) is 6.09. The summed E-state index contributed by atoms with van der Waals surface area (Å²) in [5.74, 6) is 0.739. The third-order valence-corrected chi connectivity index (χ3v) is 2.21. The van der Waals surface area contributed by atoms with Crippen molar-refractivity contribution in [2.75, 3.05) is 19.4 Å². The average molecular weight is 215 g/mol. The molecule has 1 aromatic carbocycles. The van der Waals surface area contributed by atoms with Crippen molar-refractivity contribution in [1.29, 1.82) is 0 Å². The highest BCUT2D eigenvalue weighted by molar-refractivity contribution is 7.88. The summed E-state index contributed by atoms with van der Waals surface area (Å²) in [4.78, 5) is 0. The van der Waals surface area contributed by atoms with Gasteiger partial charge in [0.15, 0.2) is 0 Å². The summed E-state index contributed by atoms with van der Waals surface area (Å²) in [6.45, 7) is 0.616. The zero-order valence-corrected chi connectivity index (χ0v) is 8.75. The third kappa shape index (κ3) is 4.84. The van der Waals surface area contributed by atoms with Crippen molar-refractivity contribution < 1.29 is 13.2 Å². The summed E-state index contributed by atoms with van der Waals surface area (Å²) in [5.41, 5.74) is 0. The van der Waals surface area contributed by atoms with Crippen molar-refractivity contribution >= 4 is 10.0 Å². The van der Waals surface area contributed by atoms with Gasteiger partial charge in [-0.2, -0.15) is 0 Å². The van der Waals surface area contributed by atoms with Crippen LogP contribution in [0.4, 0.5) is 0 Å². The predicted octanol–water partition coefficient (Wildman–Crippen LogP) is 0.615. The van der Waals surface area contributed by atoms with Crippen LogP contribution in [0.25, 0.3) is 0 Å². The Kier molecular flexibility index (Phi) is 3.91. The van der Waals surface area contributed by atoms with Crippen LogP contribution in [-0.2, 0) is 10.0 Å². The second-order valence-electron chi connectivity index (χ2n) is 2.83. The Hall–Kier alpha value is -1.07. The number of benzene rings is 1. The molecule has 4 nitrogen and oxygen atoms in total. The maximum absolute atomic E-state index is 10.7. The van der Waals surface area contributed by atoms with Gasteiger partial charge in [-0.15, -0.1) is 0 Å². The Labute approximate surface area is 84.0 Å². The summed E-state index contributed by atoms with van der Waals surface area (Å²) in [6.07, 6.45) is 1.12. The van der Waals surface area contributed by atoms with E-state index in [4.69, 9.17) is 4.74 Å². The van der Waals surface area contributed by atoms with Gasteiger partial charge in [-0.25, -0.2) is 13.1 Å². The molecule has 0 aliphatic carbocycles. The van der Waals surface area contributed by atoms with Crippen LogP contribution in [0.5, 0.6) is 5.75 Å². The van der Waals surface area contributed by atoms with Gasteiger partial charge in [-0.3, -0.25) is 0 Å². The van der Waals surface area contributed by atoms with Gasteiger partial charge in [0.05, 0.1) is 6.26 Å². The van der Waals surface area contributed by atoms with E-state index in [1.54, 1.807) is 0 Å². The van der Waals surface area contributed by atoms with Crippen LogP contribution in [0.1, 0.15) is 0 Å². The maximum atomic E-state index is 10.7. The van der Waals surface area contributed by atoms with Crippen LogP contribution < -0.4 is 9.46 Å². The zero-order chi connectivity index (χ0) is 10.4. The molecule has 0 spiro atoms. The minimum Gasteiger partial charge on any atom is -0.492 e. The fourth-order valence-corrected chi connectivity index (χ4v) is 1.37. The molecule has 0 saturated carbocycles. The quantitative estimate of drug-likeness (QED) is 0.732. The maximum Gasteiger partial charge on any atom is 0.208 e. The predicted molar refractivity (Wildman–Crippen MR) is 54.8 cm³/mol. The number of sulfonamides is 1. The van der Waals surface area contributed by atoms with E-state index in [9.17, 15) is 8.42 Å². The molecule has 0 heterocycles. The minimum absolute atomic E-state index is 0.285. The van der Waals surface area contributed by atoms with Gasteiger partial charge in [-0.05, 0) is 12.1 Å². The Morgan fingerprint density at radius 3 is 2.50 bits per heavy atom. The largest absolute Gasteiger partial charge is 0.492 e. The minimum atomic E-state index is -3.11. The SMILES string of the molecule is CS(=O)(=O)NCCOc1ccccc1. The van der Waals surface area contributed by atoms with Gasteiger partial charge < -0.3 is 4.74 Å². The van der Waals surface area contributed by atoms with Crippen molar-refractivity contribution in [1.82, 2.24) is 4.72 Å². The summed E-state index contributed by atoms with van der Waals surface area (Å²) in [5, 5.41) is 0. The monoisotopic (exact) mass is 215 g/mol. The van der Waals surface area contributed by atoms with E-state index >= 15 is 0 Å². The number of para-hydroxylation sites is 1. The Bertz CT molecular complexity index is 361. The molecule has 0 atom stereocenters. The normalized spacial score (nSPS) is 11.2. The van der Waals surface area contributed by atoms with Crippen molar-refractivity contribution in [3.8, 4) is 5.75 Å². The molecular weight excluding hydrogens is 202 g/mol. The summed E-state index contributed by atoms with van der Waals surface area (Å²) in [7, 11) is -3.11. The molecule has 0 fully saturated rings. The van der Waals surface area contributed by atoms with Gasteiger partial charge in [0.2, 0.25) is 10.0 Å². The van der Waals surface area contributed by atoms with Crippen LogP contribution in [0, 0.1) is 0 Å². The second-order valence-corrected chi connectivity index (χ2v) is 4.66. The Morgan fingerprint density at radius 1 is 1.29 bits per heavy atom. The van der Waals surface area contributed by atoms with Crippen LogP contribution in [0.2, 0.25) is 0 Å². The van der Waals surface area contributed by atoms with E-state index in [-0.39, 0.29) is 6.54 Å². The van der Waals surface area contributed by atoms with Gasteiger partial charge in [0.1, 0.15) is 12.4 Å². The first-order chi connectivity index (χ1) is 6.58. The van der Waals surface area contributed by atoms with E-state index in [0.717, 1.165) is 12.0 Å². The highest BCUT2D eigenvalue weighted by atomic mass is 32.2. The standard InChI is InChI=1S/C9H13NO3S/c1-14(11,12)10-7-8-13-9-5-3-2-4-6-9/h2-6,10H,7-8H2,1H3. The highest BCUT2D eigenvalue weighted by Gasteiger charge is 1.98. The highest BCUT2D eigenvalue weighted by Crippen LogP contribution is 2.07. The zero-order valence-electron chi connectivity index (χ0n) is 7.93. The smallest absolute Gasteiger partial charge is 0.208 e. The molecule has 0 saturated heterocycles. The lowest BCUT2D eigenvalue weighted by atomic mass is 10.3. The molecule has 0 bridgehead atoms. The molecule has 0 unspecified atom stereocenters. The number of ether oxygens (including phenoxy) is 1. The molecule has 1 N–H and O–H groups in total. The fourth-order valence-electron chi connectivity index (χ4n) is 0.913. The van der Waals surface area contributed by atoms with Crippen LogP contribution in [0.15, 0.2) is 30.3 Å². The second kappa shape index (κ2) is 4.97. The Morgan fingerprint density at radius 2 is 1.93 bits per heavy atom. The topological polar surface area (TPSA) is 55.4 Å². The van der Waals surface area contributed by atoms with Crippen molar-refractivity contribution in [2.24, 2.45) is 0 Å². The van der Waals surface area contributed by atoms with Crippen molar-refractivity contribution in [3.63, 3.8) is 0 Å². The molecule has 0 aliphatic rings. The summed E-state index contributed by atoms with van der Waals surface area (Å²) in [6, 6.07) is 9.25. The molecular formula is C9H13NO3S. The van der Waals surface area contributed by atoms with Gasteiger partial charge in [0.25, 0.3) is 0 Å². The molecule has 14 heavy (non-hydrogen) atoms. The average Bonchev–Trinajstić information content (AvgIpc) is 2.13. The fraction of sp³-hybridized carbons (Fsp3) is 0.333. The van der Waals surface area contributed by atoms with Crippen LogP contribution in [0.3, 0.4) is 0 Å².